The first-order chi connectivity index (χ1) is 14.6. The standard InChI is InChI=1S/C23H34BFN2O5/c1-15-13-17(24-31-22(5,6)23(7,8)32-24)18(25)14-16(15)19(28)26-9-11-27(12-10-26)20(29)30-21(2,3)4/h13-14H,9-12H2,1-8H3. The highest BCUT2D eigenvalue weighted by atomic mass is 19.1. The number of nitrogens with zero attached hydrogens (tertiary/aromatic N) is 2. The topological polar surface area (TPSA) is 68.3 Å². The molecule has 0 aliphatic carbocycles. The third-order valence-electron chi connectivity index (χ3n) is 6.30. The molecule has 0 saturated carbocycles. The molecule has 0 radical (unpaired) electrons. The maximum atomic E-state index is 15.0. The van der Waals surface area contributed by atoms with E-state index in [0.717, 1.165) is 0 Å². The van der Waals surface area contributed by atoms with Gasteiger partial charge in [-0.1, -0.05) is 6.07 Å². The lowest BCUT2D eigenvalue weighted by atomic mass is 9.77. The van der Waals surface area contributed by atoms with Gasteiger partial charge in [-0.15, -0.1) is 0 Å². The monoisotopic (exact) mass is 448 g/mol. The molecule has 0 bridgehead atoms. The number of carbonyl (C=O) groups excluding carboxylic acids is 2. The number of rotatable bonds is 2. The average molecular weight is 448 g/mol. The van der Waals surface area contributed by atoms with Gasteiger partial charge in [0.1, 0.15) is 11.4 Å². The van der Waals surface area contributed by atoms with Gasteiger partial charge in [-0.3, -0.25) is 4.79 Å². The molecule has 2 aliphatic heterocycles. The Morgan fingerprint density at radius 2 is 1.50 bits per heavy atom. The maximum Gasteiger partial charge on any atom is 0.497 e. The lowest BCUT2D eigenvalue weighted by Gasteiger charge is -2.35. The summed E-state index contributed by atoms with van der Waals surface area (Å²) < 4.78 is 32.4. The van der Waals surface area contributed by atoms with Crippen molar-refractivity contribution in [2.45, 2.75) is 72.2 Å². The van der Waals surface area contributed by atoms with E-state index in [1.165, 1.54) is 6.07 Å². The first-order valence-corrected chi connectivity index (χ1v) is 11.0. The van der Waals surface area contributed by atoms with Gasteiger partial charge in [-0.05, 0) is 67.0 Å². The van der Waals surface area contributed by atoms with Crippen LogP contribution in [0.25, 0.3) is 0 Å². The van der Waals surface area contributed by atoms with Crippen LogP contribution in [0.1, 0.15) is 64.4 Å². The fraction of sp³-hybridized carbons (Fsp3) is 0.652. The third kappa shape index (κ3) is 4.93. The van der Waals surface area contributed by atoms with Gasteiger partial charge in [0.25, 0.3) is 5.91 Å². The van der Waals surface area contributed by atoms with Gasteiger partial charge in [0, 0.05) is 37.2 Å². The van der Waals surface area contributed by atoms with Crippen LogP contribution in [0.15, 0.2) is 12.1 Å². The molecule has 1 aromatic rings. The molecule has 176 valence electrons. The molecule has 0 unspecified atom stereocenters. The van der Waals surface area contributed by atoms with Crippen LogP contribution in [-0.2, 0) is 14.0 Å². The van der Waals surface area contributed by atoms with Crippen molar-refractivity contribution in [1.29, 1.82) is 0 Å². The molecule has 2 aliphatic rings. The smallest absolute Gasteiger partial charge is 0.444 e. The van der Waals surface area contributed by atoms with Crippen molar-refractivity contribution < 1.29 is 28.0 Å². The van der Waals surface area contributed by atoms with Crippen molar-refractivity contribution >= 4 is 24.6 Å². The number of amides is 2. The summed E-state index contributed by atoms with van der Waals surface area (Å²) in [6, 6.07) is 2.89. The van der Waals surface area contributed by atoms with Crippen molar-refractivity contribution in [3.8, 4) is 0 Å². The molecule has 1 aromatic carbocycles. The fourth-order valence-electron chi connectivity index (χ4n) is 3.67. The van der Waals surface area contributed by atoms with E-state index in [2.05, 4.69) is 0 Å². The zero-order valence-corrected chi connectivity index (χ0v) is 20.4. The Morgan fingerprint density at radius 1 is 1.00 bits per heavy atom. The number of hydrogen-bond acceptors (Lipinski definition) is 5. The Labute approximate surface area is 190 Å². The molecule has 0 atom stereocenters. The van der Waals surface area contributed by atoms with E-state index in [9.17, 15) is 9.59 Å². The van der Waals surface area contributed by atoms with E-state index in [4.69, 9.17) is 14.0 Å². The Balaban J connectivity index is 1.70. The van der Waals surface area contributed by atoms with Gasteiger partial charge in [0.15, 0.2) is 0 Å². The van der Waals surface area contributed by atoms with Gasteiger partial charge >= 0.3 is 13.2 Å². The van der Waals surface area contributed by atoms with Crippen LogP contribution < -0.4 is 5.46 Å². The second-order valence-corrected chi connectivity index (χ2v) is 10.5. The number of ether oxygens (including phenoxy) is 1. The molecule has 2 saturated heterocycles. The minimum atomic E-state index is -0.833. The van der Waals surface area contributed by atoms with Crippen LogP contribution in [0.5, 0.6) is 0 Å². The Bertz CT molecular complexity index is 888. The van der Waals surface area contributed by atoms with E-state index in [1.54, 1.807) is 22.8 Å². The first-order valence-electron chi connectivity index (χ1n) is 11.0. The van der Waals surface area contributed by atoms with Gasteiger partial charge in [0.05, 0.1) is 11.2 Å². The predicted octanol–water partition coefficient (Wildman–Crippen LogP) is 3.13. The molecule has 3 rings (SSSR count). The summed E-state index contributed by atoms with van der Waals surface area (Å²) >= 11 is 0. The van der Waals surface area contributed by atoms with Crippen LogP contribution in [0, 0.1) is 12.7 Å². The fourth-order valence-corrected chi connectivity index (χ4v) is 3.67. The largest absolute Gasteiger partial charge is 0.497 e. The van der Waals surface area contributed by atoms with Crippen LogP contribution in [0.3, 0.4) is 0 Å². The van der Waals surface area contributed by atoms with E-state index < -0.39 is 35.8 Å². The number of benzene rings is 1. The highest BCUT2D eigenvalue weighted by Gasteiger charge is 2.52. The van der Waals surface area contributed by atoms with Crippen molar-refractivity contribution in [2.24, 2.45) is 0 Å². The molecule has 2 fully saturated rings. The van der Waals surface area contributed by atoms with Crippen LogP contribution in [-0.4, -0.2) is 71.9 Å². The molecule has 32 heavy (non-hydrogen) atoms. The summed E-state index contributed by atoms with van der Waals surface area (Å²) in [6.45, 7) is 16.3. The SMILES string of the molecule is Cc1cc(B2OC(C)(C)C(C)(C)O2)c(F)cc1C(=O)N1CCN(C(=O)OC(C)(C)C)CC1. The molecule has 7 nitrogen and oxygen atoms in total. The minimum absolute atomic E-state index is 0.259. The number of hydrogen-bond donors (Lipinski definition) is 0. The lowest BCUT2D eigenvalue weighted by molar-refractivity contribution is 0.00578. The van der Waals surface area contributed by atoms with E-state index in [0.29, 0.717) is 37.3 Å². The van der Waals surface area contributed by atoms with Crippen molar-refractivity contribution in [3.63, 3.8) is 0 Å². The molecule has 0 spiro atoms. The highest BCUT2D eigenvalue weighted by molar-refractivity contribution is 6.62. The quantitative estimate of drug-likeness (QED) is 0.651. The van der Waals surface area contributed by atoms with Gasteiger partial charge in [-0.25, -0.2) is 9.18 Å². The molecular weight excluding hydrogens is 414 g/mol. The van der Waals surface area contributed by atoms with E-state index in [-0.39, 0.29) is 11.4 Å². The summed E-state index contributed by atoms with van der Waals surface area (Å²) in [5.41, 5.74) is -0.505. The van der Waals surface area contributed by atoms with Crippen LogP contribution >= 0.6 is 0 Å². The third-order valence-corrected chi connectivity index (χ3v) is 6.30. The highest BCUT2D eigenvalue weighted by Crippen LogP contribution is 2.36. The Hall–Kier alpha value is -2.13. The molecule has 2 heterocycles. The summed E-state index contributed by atoms with van der Waals surface area (Å²) in [5, 5.41) is 0. The lowest BCUT2D eigenvalue weighted by Crippen LogP contribution is -2.51. The number of aryl methyl sites for hydroxylation is 1. The zero-order valence-electron chi connectivity index (χ0n) is 20.4. The first kappa shape index (κ1) is 24.5. The predicted molar refractivity (Wildman–Crippen MR) is 121 cm³/mol. The summed E-state index contributed by atoms with van der Waals surface area (Å²) in [7, 11) is -0.833. The molecule has 2 amide bonds. The summed E-state index contributed by atoms with van der Waals surface area (Å²) in [6.07, 6.45) is -0.390. The molecular formula is C23H34BFN2O5. The van der Waals surface area contributed by atoms with Gasteiger partial charge in [-0.2, -0.15) is 0 Å². The van der Waals surface area contributed by atoms with Crippen molar-refractivity contribution in [2.75, 3.05) is 26.2 Å². The number of carbonyl (C=O) groups is 2. The second kappa shape index (κ2) is 8.34. The average Bonchev–Trinajstić information content (AvgIpc) is 2.88. The second-order valence-electron chi connectivity index (χ2n) is 10.5. The Kier molecular flexibility index (Phi) is 6.39. The number of piperazine rings is 1. The van der Waals surface area contributed by atoms with E-state index >= 15 is 4.39 Å². The Morgan fingerprint density at radius 3 is 2.00 bits per heavy atom. The molecule has 0 N–H and O–H groups in total. The number of halogens is 1. The van der Waals surface area contributed by atoms with Crippen LogP contribution in [0.2, 0.25) is 0 Å². The van der Waals surface area contributed by atoms with E-state index in [1.807, 2.05) is 48.5 Å². The zero-order chi connectivity index (χ0) is 24.1. The molecule has 9 heteroatoms. The van der Waals surface area contributed by atoms with Crippen molar-refractivity contribution in [1.82, 2.24) is 9.80 Å². The summed E-state index contributed by atoms with van der Waals surface area (Å²) in [5.74, 6) is -0.796. The maximum absolute atomic E-state index is 15.0. The normalized spacial score (nSPS) is 20.5. The van der Waals surface area contributed by atoms with Gasteiger partial charge < -0.3 is 23.8 Å². The minimum Gasteiger partial charge on any atom is -0.444 e. The van der Waals surface area contributed by atoms with Gasteiger partial charge in [0.2, 0.25) is 0 Å². The summed E-state index contributed by atoms with van der Waals surface area (Å²) in [4.78, 5) is 28.5. The van der Waals surface area contributed by atoms with Crippen LogP contribution in [0.4, 0.5) is 9.18 Å². The van der Waals surface area contributed by atoms with Crippen molar-refractivity contribution in [3.05, 3.63) is 29.1 Å². The molecule has 0 aromatic heterocycles.